The van der Waals surface area contributed by atoms with Gasteiger partial charge >= 0.3 is 0 Å². The van der Waals surface area contributed by atoms with Crippen molar-refractivity contribution in [1.82, 2.24) is 0 Å². The Balaban J connectivity index is 1.62. The zero-order valence-corrected chi connectivity index (χ0v) is 13.1. The fraction of sp³-hybridized carbons (Fsp3) is 0.316. The van der Waals surface area contributed by atoms with Gasteiger partial charge in [0.1, 0.15) is 0 Å². The van der Waals surface area contributed by atoms with E-state index in [2.05, 4.69) is 10.6 Å². The smallest absolute Gasteiger partial charge is 0.227 e. The lowest BCUT2D eigenvalue weighted by Gasteiger charge is -2.21. The quantitative estimate of drug-likeness (QED) is 0.780. The van der Waals surface area contributed by atoms with Gasteiger partial charge in [-0.2, -0.15) is 0 Å². The fourth-order valence-corrected chi connectivity index (χ4v) is 3.08. The van der Waals surface area contributed by atoms with E-state index in [9.17, 15) is 9.90 Å². The van der Waals surface area contributed by atoms with Crippen LogP contribution in [0.15, 0.2) is 54.6 Å². The van der Waals surface area contributed by atoms with Crippen molar-refractivity contribution in [3.05, 3.63) is 54.6 Å². The van der Waals surface area contributed by atoms with Crippen LogP contribution >= 0.6 is 0 Å². The van der Waals surface area contributed by atoms with E-state index in [1.807, 2.05) is 54.6 Å². The summed E-state index contributed by atoms with van der Waals surface area (Å²) in [6.45, 7) is 0. The van der Waals surface area contributed by atoms with Crippen molar-refractivity contribution >= 4 is 23.0 Å². The summed E-state index contributed by atoms with van der Waals surface area (Å²) in [5.74, 6) is -0.133. The Kier molecular flexibility index (Phi) is 4.63. The second-order valence-electron chi connectivity index (χ2n) is 6.23. The maximum Gasteiger partial charge on any atom is 0.227 e. The third-order valence-electron chi connectivity index (χ3n) is 4.23. The van der Waals surface area contributed by atoms with Crippen molar-refractivity contribution in [2.24, 2.45) is 0 Å². The van der Waals surface area contributed by atoms with Gasteiger partial charge in [-0.3, -0.25) is 4.79 Å². The molecule has 0 radical (unpaired) electrons. The van der Waals surface area contributed by atoms with Gasteiger partial charge in [0.05, 0.1) is 12.0 Å². The Bertz CT molecular complexity index is 664. The molecule has 0 spiro atoms. The summed E-state index contributed by atoms with van der Waals surface area (Å²) in [5.41, 5.74) is 1.83. The van der Waals surface area contributed by atoms with E-state index < -0.39 is 5.60 Å². The van der Waals surface area contributed by atoms with Crippen molar-refractivity contribution in [2.45, 2.75) is 37.7 Å². The molecule has 23 heavy (non-hydrogen) atoms. The van der Waals surface area contributed by atoms with E-state index in [0.717, 1.165) is 42.7 Å². The van der Waals surface area contributed by atoms with Gasteiger partial charge in [-0.15, -0.1) is 0 Å². The van der Waals surface area contributed by atoms with Crippen LogP contribution in [0, 0.1) is 0 Å². The largest absolute Gasteiger partial charge is 0.389 e. The molecule has 4 heteroatoms. The molecule has 1 amide bonds. The highest BCUT2D eigenvalue weighted by Crippen LogP contribution is 2.32. The summed E-state index contributed by atoms with van der Waals surface area (Å²) in [6, 6.07) is 17.5. The van der Waals surface area contributed by atoms with Crippen LogP contribution in [0.2, 0.25) is 0 Å². The summed E-state index contributed by atoms with van der Waals surface area (Å²) in [4.78, 5) is 12.2. The molecule has 4 nitrogen and oxygen atoms in total. The fourth-order valence-electron chi connectivity index (χ4n) is 3.08. The third kappa shape index (κ3) is 4.33. The molecular formula is C19H22N2O2. The Morgan fingerprint density at radius 3 is 2.35 bits per heavy atom. The number of hydrogen-bond donors (Lipinski definition) is 3. The minimum Gasteiger partial charge on any atom is -0.389 e. The number of nitrogens with one attached hydrogen (secondary N) is 2. The monoisotopic (exact) mass is 310 g/mol. The van der Waals surface area contributed by atoms with E-state index in [4.69, 9.17) is 0 Å². The molecule has 1 fully saturated rings. The molecule has 3 N–H and O–H groups in total. The van der Waals surface area contributed by atoms with Crippen LogP contribution in [0.25, 0.3) is 0 Å². The van der Waals surface area contributed by atoms with Crippen molar-refractivity contribution in [3.63, 3.8) is 0 Å². The SMILES string of the molecule is O=C(CC1(O)CCCC1)Nc1cccc(Nc2ccccc2)c1. The lowest BCUT2D eigenvalue weighted by atomic mass is 9.97. The van der Waals surface area contributed by atoms with Crippen LogP contribution in [0.4, 0.5) is 17.1 Å². The first kappa shape index (κ1) is 15.6. The molecule has 0 unspecified atom stereocenters. The van der Waals surface area contributed by atoms with Crippen LogP contribution in [0.1, 0.15) is 32.1 Å². The standard InChI is InChI=1S/C19H22N2O2/c22-18(14-19(23)11-4-5-12-19)21-17-10-6-9-16(13-17)20-15-7-2-1-3-8-15/h1-3,6-10,13,20,23H,4-5,11-12,14H2,(H,21,22). The number of benzene rings is 2. The second-order valence-corrected chi connectivity index (χ2v) is 6.23. The van der Waals surface area contributed by atoms with Gasteiger partial charge in [-0.05, 0) is 43.2 Å². The van der Waals surface area contributed by atoms with Crippen LogP contribution in [-0.4, -0.2) is 16.6 Å². The summed E-state index contributed by atoms with van der Waals surface area (Å²) in [7, 11) is 0. The van der Waals surface area contributed by atoms with Gasteiger partial charge in [-0.1, -0.05) is 37.1 Å². The van der Waals surface area contributed by atoms with Gasteiger partial charge in [-0.25, -0.2) is 0 Å². The molecule has 120 valence electrons. The first-order valence-electron chi connectivity index (χ1n) is 8.07. The number of anilines is 3. The van der Waals surface area contributed by atoms with Crippen LogP contribution in [0.3, 0.4) is 0 Å². The molecule has 1 aliphatic carbocycles. The molecule has 3 rings (SSSR count). The highest BCUT2D eigenvalue weighted by atomic mass is 16.3. The lowest BCUT2D eigenvalue weighted by molar-refractivity contribution is -0.120. The zero-order chi connectivity index (χ0) is 16.1. The number of amides is 1. The Labute approximate surface area is 136 Å². The molecule has 2 aromatic carbocycles. The van der Waals surface area contributed by atoms with Gasteiger partial charge in [0.2, 0.25) is 5.91 Å². The predicted octanol–water partition coefficient (Wildman–Crippen LogP) is 4.06. The summed E-state index contributed by atoms with van der Waals surface area (Å²) >= 11 is 0. The van der Waals surface area contributed by atoms with Crippen LogP contribution in [0.5, 0.6) is 0 Å². The van der Waals surface area contributed by atoms with Crippen molar-refractivity contribution in [2.75, 3.05) is 10.6 Å². The molecule has 0 aromatic heterocycles. The first-order chi connectivity index (χ1) is 11.1. The van der Waals surface area contributed by atoms with Gasteiger partial charge < -0.3 is 15.7 Å². The molecule has 1 saturated carbocycles. The second kappa shape index (κ2) is 6.84. The predicted molar refractivity (Wildman–Crippen MR) is 92.8 cm³/mol. The van der Waals surface area contributed by atoms with Crippen molar-refractivity contribution in [3.8, 4) is 0 Å². The topological polar surface area (TPSA) is 61.4 Å². The maximum atomic E-state index is 12.2. The summed E-state index contributed by atoms with van der Waals surface area (Å²) in [5, 5.41) is 16.5. The minimum atomic E-state index is -0.815. The maximum absolute atomic E-state index is 12.2. The molecule has 1 aliphatic rings. The molecule has 0 saturated heterocycles. The average Bonchev–Trinajstić information content (AvgIpc) is 2.94. The van der Waals surface area contributed by atoms with Crippen LogP contribution < -0.4 is 10.6 Å². The zero-order valence-electron chi connectivity index (χ0n) is 13.1. The van der Waals surface area contributed by atoms with Gasteiger partial charge in [0.25, 0.3) is 0 Å². The molecule has 0 aliphatic heterocycles. The van der Waals surface area contributed by atoms with Crippen molar-refractivity contribution in [1.29, 1.82) is 0 Å². The normalized spacial score (nSPS) is 16.0. The highest BCUT2D eigenvalue weighted by molar-refractivity contribution is 5.92. The van der Waals surface area contributed by atoms with Crippen LogP contribution in [-0.2, 0) is 4.79 Å². The molecule has 0 bridgehead atoms. The van der Waals surface area contributed by atoms with E-state index in [-0.39, 0.29) is 12.3 Å². The number of carbonyl (C=O) groups is 1. The van der Waals surface area contributed by atoms with E-state index in [1.165, 1.54) is 0 Å². The molecular weight excluding hydrogens is 288 g/mol. The number of carbonyl (C=O) groups excluding carboxylic acids is 1. The number of hydrogen-bond acceptors (Lipinski definition) is 3. The Morgan fingerprint density at radius 2 is 1.61 bits per heavy atom. The number of para-hydroxylation sites is 1. The van der Waals surface area contributed by atoms with E-state index in [0.29, 0.717) is 0 Å². The lowest BCUT2D eigenvalue weighted by Crippen LogP contribution is -2.30. The number of rotatable bonds is 5. The van der Waals surface area contributed by atoms with Crippen molar-refractivity contribution < 1.29 is 9.90 Å². The van der Waals surface area contributed by atoms with Gasteiger partial charge in [0, 0.05) is 17.1 Å². The molecule has 2 aromatic rings. The molecule has 0 atom stereocenters. The summed E-state index contributed by atoms with van der Waals surface area (Å²) in [6.07, 6.45) is 3.61. The molecule has 0 heterocycles. The minimum absolute atomic E-state index is 0.133. The Morgan fingerprint density at radius 1 is 0.957 bits per heavy atom. The van der Waals surface area contributed by atoms with E-state index >= 15 is 0 Å². The van der Waals surface area contributed by atoms with Gasteiger partial charge in [0.15, 0.2) is 0 Å². The highest BCUT2D eigenvalue weighted by Gasteiger charge is 2.33. The Hall–Kier alpha value is -2.33. The first-order valence-corrected chi connectivity index (χ1v) is 8.07. The summed E-state index contributed by atoms with van der Waals surface area (Å²) < 4.78 is 0. The number of aliphatic hydroxyl groups is 1. The third-order valence-corrected chi connectivity index (χ3v) is 4.23. The average molecular weight is 310 g/mol. The van der Waals surface area contributed by atoms with E-state index in [1.54, 1.807) is 0 Å².